The van der Waals surface area contributed by atoms with E-state index in [0.29, 0.717) is 12.3 Å². The highest BCUT2D eigenvalue weighted by molar-refractivity contribution is 5.91. The zero-order valence-electron chi connectivity index (χ0n) is 14.3. The number of ether oxygens (including phenoxy) is 1. The summed E-state index contributed by atoms with van der Waals surface area (Å²) in [6.45, 7) is 2.10. The highest BCUT2D eigenvalue weighted by atomic mass is 19.1. The minimum atomic E-state index is -0.804. The number of furan rings is 1. The molecule has 0 spiro atoms. The van der Waals surface area contributed by atoms with E-state index >= 15 is 0 Å². The van der Waals surface area contributed by atoms with Crippen LogP contribution in [0.15, 0.2) is 40.9 Å². The van der Waals surface area contributed by atoms with Gasteiger partial charge in [-0.1, -0.05) is 0 Å². The molecule has 0 atom stereocenters. The molecule has 2 heterocycles. The highest BCUT2D eigenvalue weighted by Gasteiger charge is 2.13. The summed E-state index contributed by atoms with van der Waals surface area (Å²) >= 11 is 0. The monoisotopic (exact) mass is 361 g/mol. The van der Waals surface area contributed by atoms with Gasteiger partial charge < -0.3 is 14.5 Å². The molecule has 2 aromatic heterocycles. The van der Waals surface area contributed by atoms with Gasteiger partial charge >= 0.3 is 0 Å². The summed E-state index contributed by atoms with van der Waals surface area (Å²) in [7, 11) is 1.81. The number of nitrogens with zero attached hydrogens (tertiary/aromatic N) is 2. The number of amides is 1. The number of rotatable bonds is 6. The van der Waals surface area contributed by atoms with Crippen molar-refractivity contribution >= 4 is 5.91 Å². The van der Waals surface area contributed by atoms with Crippen molar-refractivity contribution in [3.8, 4) is 5.75 Å². The molecule has 8 heteroatoms. The molecule has 0 saturated carbocycles. The van der Waals surface area contributed by atoms with E-state index in [9.17, 15) is 13.6 Å². The lowest BCUT2D eigenvalue weighted by Crippen LogP contribution is -2.22. The first-order chi connectivity index (χ1) is 12.4. The van der Waals surface area contributed by atoms with Crippen molar-refractivity contribution in [1.82, 2.24) is 15.1 Å². The van der Waals surface area contributed by atoms with Crippen LogP contribution in [-0.2, 0) is 20.2 Å². The Hall–Kier alpha value is -3.16. The first kappa shape index (κ1) is 17.7. The Bertz CT molecular complexity index is 934. The lowest BCUT2D eigenvalue weighted by molar-refractivity contribution is 0.0919. The average Bonchev–Trinajstić information content (AvgIpc) is 3.18. The van der Waals surface area contributed by atoms with Gasteiger partial charge in [0.15, 0.2) is 17.3 Å². The van der Waals surface area contributed by atoms with Gasteiger partial charge in [0, 0.05) is 31.4 Å². The van der Waals surface area contributed by atoms with E-state index in [1.807, 2.05) is 13.1 Å². The van der Waals surface area contributed by atoms with Crippen LogP contribution < -0.4 is 10.1 Å². The van der Waals surface area contributed by atoms with Crippen LogP contribution in [0.4, 0.5) is 8.78 Å². The maximum absolute atomic E-state index is 13.5. The van der Waals surface area contributed by atoms with Crippen LogP contribution >= 0.6 is 0 Å². The van der Waals surface area contributed by atoms with Crippen LogP contribution in [0.3, 0.4) is 0 Å². The molecule has 26 heavy (non-hydrogen) atoms. The number of carbonyl (C=O) groups excluding carboxylic acids is 1. The van der Waals surface area contributed by atoms with Gasteiger partial charge in [-0.2, -0.15) is 5.10 Å². The number of carbonyl (C=O) groups is 1. The fourth-order valence-electron chi connectivity index (χ4n) is 2.40. The SMILES string of the molecule is Cc1nn(C)cc1CNC(=O)c1ccc(COc2ccc(F)cc2F)o1. The summed E-state index contributed by atoms with van der Waals surface area (Å²) in [6.07, 6.45) is 1.83. The van der Waals surface area contributed by atoms with E-state index in [2.05, 4.69) is 10.4 Å². The van der Waals surface area contributed by atoms with Gasteiger partial charge in [-0.15, -0.1) is 0 Å². The van der Waals surface area contributed by atoms with E-state index in [-0.39, 0.29) is 24.0 Å². The van der Waals surface area contributed by atoms with Crippen LogP contribution in [0.1, 0.15) is 27.6 Å². The van der Waals surface area contributed by atoms with Crippen molar-refractivity contribution in [1.29, 1.82) is 0 Å². The predicted molar refractivity (Wildman–Crippen MR) is 88.5 cm³/mol. The Morgan fingerprint density at radius 1 is 1.31 bits per heavy atom. The van der Waals surface area contributed by atoms with Crippen molar-refractivity contribution in [2.75, 3.05) is 0 Å². The summed E-state index contributed by atoms with van der Waals surface area (Å²) in [5.41, 5.74) is 1.74. The Kier molecular flexibility index (Phi) is 5.01. The predicted octanol–water partition coefficient (Wildman–Crippen LogP) is 3.11. The third-order valence-electron chi connectivity index (χ3n) is 3.70. The smallest absolute Gasteiger partial charge is 0.287 e. The second-order valence-electron chi connectivity index (χ2n) is 5.73. The molecule has 0 aliphatic carbocycles. The number of nitrogens with one attached hydrogen (secondary N) is 1. The summed E-state index contributed by atoms with van der Waals surface area (Å²) in [5, 5.41) is 6.95. The fraction of sp³-hybridized carbons (Fsp3) is 0.222. The third-order valence-corrected chi connectivity index (χ3v) is 3.70. The second kappa shape index (κ2) is 7.38. The third kappa shape index (κ3) is 4.08. The molecular weight excluding hydrogens is 344 g/mol. The van der Waals surface area contributed by atoms with E-state index in [0.717, 1.165) is 23.4 Å². The van der Waals surface area contributed by atoms with E-state index in [1.54, 1.807) is 17.8 Å². The normalized spacial score (nSPS) is 10.8. The number of hydrogen-bond acceptors (Lipinski definition) is 4. The summed E-state index contributed by atoms with van der Waals surface area (Å²) in [4.78, 5) is 12.1. The molecule has 0 fully saturated rings. The van der Waals surface area contributed by atoms with Crippen molar-refractivity contribution in [2.45, 2.75) is 20.1 Å². The topological polar surface area (TPSA) is 69.3 Å². The zero-order valence-corrected chi connectivity index (χ0v) is 14.3. The first-order valence-electron chi connectivity index (χ1n) is 7.86. The molecule has 0 bridgehead atoms. The molecule has 1 amide bonds. The van der Waals surface area contributed by atoms with E-state index in [1.165, 1.54) is 12.1 Å². The number of aryl methyl sites for hydroxylation is 2. The second-order valence-corrected chi connectivity index (χ2v) is 5.73. The van der Waals surface area contributed by atoms with Gasteiger partial charge in [0.05, 0.1) is 5.69 Å². The zero-order chi connectivity index (χ0) is 18.7. The van der Waals surface area contributed by atoms with Gasteiger partial charge in [0.1, 0.15) is 18.2 Å². The van der Waals surface area contributed by atoms with Crippen LogP contribution in [0.2, 0.25) is 0 Å². The van der Waals surface area contributed by atoms with Gasteiger partial charge in [-0.3, -0.25) is 9.48 Å². The van der Waals surface area contributed by atoms with Crippen LogP contribution in [-0.4, -0.2) is 15.7 Å². The molecule has 3 rings (SSSR count). The molecule has 0 saturated heterocycles. The molecule has 0 radical (unpaired) electrons. The first-order valence-corrected chi connectivity index (χ1v) is 7.86. The van der Waals surface area contributed by atoms with Crippen LogP contribution in [0.25, 0.3) is 0 Å². The van der Waals surface area contributed by atoms with Crippen LogP contribution in [0, 0.1) is 18.6 Å². The van der Waals surface area contributed by atoms with Crippen molar-refractivity contribution < 1.29 is 22.7 Å². The van der Waals surface area contributed by atoms with Crippen molar-refractivity contribution in [3.05, 3.63) is 70.9 Å². The number of benzene rings is 1. The Morgan fingerprint density at radius 3 is 2.81 bits per heavy atom. The Labute approximate surface area is 148 Å². The number of hydrogen-bond donors (Lipinski definition) is 1. The summed E-state index contributed by atoms with van der Waals surface area (Å²) in [6, 6.07) is 6.09. The maximum Gasteiger partial charge on any atom is 0.287 e. The average molecular weight is 361 g/mol. The number of aromatic nitrogens is 2. The molecule has 1 aromatic carbocycles. The van der Waals surface area contributed by atoms with E-state index in [4.69, 9.17) is 9.15 Å². The van der Waals surface area contributed by atoms with Crippen molar-refractivity contribution in [2.24, 2.45) is 7.05 Å². The van der Waals surface area contributed by atoms with Gasteiger partial charge in [0.2, 0.25) is 0 Å². The molecule has 0 unspecified atom stereocenters. The minimum absolute atomic E-state index is 0.0858. The lowest BCUT2D eigenvalue weighted by Gasteiger charge is -2.05. The van der Waals surface area contributed by atoms with Gasteiger partial charge in [-0.25, -0.2) is 8.78 Å². The summed E-state index contributed by atoms with van der Waals surface area (Å²) < 4.78 is 38.7. The lowest BCUT2D eigenvalue weighted by atomic mass is 10.2. The summed E-state index contributed by atoms with van der Waals surface area (Å²) in [5.74, 6) is -1.51. The molecule has 3 aromatic rings. The molecule has 136 valence electrons. The quantitative estimate of drug-likeness (QED) is 0.732. The number of halogens is 2. The van der Waals surface area contributed by atoms with Crippen LogP contribution in [0.5, 0.6) is 5.75 Å². The molecule has 0 aliphatic heterocycles. The van der Waals surface area contributed by atoms with E-state index < -0.39 is 11.6 Å². The molecule has 1 N–H and O–H groups in total. The highest BCUT2D eigenvalue weighted by Crippen LogP contribution is 2.19. The molecule has 0 aliphatic rings. The fourth-order valence-corrected chi connectivity index (χ4v) is 2.40. The largest absolute Gasteiger partial charge is 0.483 e. The maximum atomic E-state index is 13.5. The molecule has 6 nitrogen and oxygen atoms in total. The Balaban J connectivity index is 1.56. The van der Waals surface area contributed by atoms with Gasteiger partial charge in [-0.05, 0) is 31.2 Å². The van der Waals surface area contributed by atoms with Crippen molar-refractivity contribution in [3.63, 3.8) is 0 Å². The molecular formula is C18H17F2N3O3. The Morgan fingerprint density at radius 2 is 2.12 bits per heavy atom. The minimum Gasteiger partial charge on any atom is -0.483 e. The van der Waals surface area contributed by atoms with Gasteiger partial charge in [0.25, 0.3) is 5.91 Å². The standard InChI is InChI=1S/C18H17F2N3O3/c1-11-12(9-23(2)22-11)8-21-18(24)17-6-4-14(26-17)10-25-16-5-3-13(19)7-15(16)20/h3-7,9H,8,10H2,1-2H3,(H,21,24).